The molecule has 3 aromatic carbocycles. The maximum Gasteiger partial charge on any atom is 0.127 e. The molecule has 1 unspecified atom stereocenters. The zero-order chi connectivity index (χ0) is 20.1. The molecule has 0 bridgehead atoms. The van der Waals surface area contributed by atoms with Gasteiger partial charge in [0.05, 0.1) is 6.61 Å². The number of hydrogen-bond donors (Lipinski definition) is 1. The smallest absolute Gasteiger partial charge is 0.127 e. The van der Waals surface area contributed by atoms with Gasteiger partial charge in [-0.2, -0.15) is 0 Å². The Labute approximate surface area is 173 Å². The number of aromatic hydroxyl groups is 1. The summed E-state index contributed by atoms with van der Waals surface area (Å²) in [4.78, 5) is 2.62. The highest BCUT2D eigenvalue weighted by Gasteiger charge is 2.25. The molecule has 0 saturated carbocycles. The van der Waals surface area contributed by atoms with Crippen LogP contribution in [-0.4, -0.2) is 35.7 Å². The van der Waals surface area contributed by atoms with E-state index in [9.17, 15) is 5.11 Å². The van der Waals surface area contributed by atoms with Gasteiger partial charge in [-0.1, -0.05) is 55.5 Å². The first-order chi connectivity index (χ1) is 14.3. The fraction of sp³-hybridized carbons (Fsp3) is 0.385. The van der Waals surface area contributed by atoms with Crippen molar-refractivity contribution in [2.45, 2.75) is 45.1 Å². The van der Waals surface area contributed by atoms with Gasteiger partial charge in [-0.3, -0.25) is 4.90 Å². The zero-order valence-electron chi connectivity index (χ0n) is 17.3. The molecule has 152 valence electrons. The Morgan fingerprint density at radius 2 is 1.83 bits per heavy atom. The van der Waals surface area contributed by atoms with Crippen LogP contribution in [-0.2, 0) is 12.8 Å². The lowest BCUT2D eigenvalue weighted by molar-refractivity contribution is 0.164. The summed E-state index contributed by atoms with van der Waals surface area (Å²) in [6.45, 7) is 5.16. The SMILES string of the molecule is CCCN(CCCOc1cccc2ccccc12)C1CCc2c(O)cccc2C1. The molecule has 4 rings (SSSR count). The highest BCUT2D eigenvalue weighted by Crippen LogP contribution is 2.31. The number of rotatable bonds is 8. The molecule has 1 N–H and O–H groups in total. The third kappa shape index (κ3) is 4.56. The van der Waals surface area contributed by atoms with Crippen molar-refractivity contribution >= 4 is 10.8 Å². The first-order valence-electron chi connectivity index (χ1n) is 10.9. The lowest BCUT2D eigenvalue weighted by atomic mass is 9.86. The second-order valence-electron chi connectivity index (χ2n) is 8.03. The third-order valence-electron chi connectivity index (χ3n) is 6.06. The zero-order valence-corrected chi connectivity index (χ0v) is 17.3. The number of benzene rings is 3. The average molecular weight is 390 g/mol. The second-order valence-corrected chi connectivity index (χ2v) is 8.03. The van der Waals surface area contributed by atoms with Crippen molar-refractivity contribution in [2.75, 3.05) is 19.7 Å². The van der Waals surface area contributed by atoms with Gasteiger partial charge in [0.15, 0.2) is 0 Å². The third-order valence-corrected chi connectivity index (χ3v) is 6.06. The van der Waals surface area contributed by atoms with E-state index in [-0.39, 0.29) is 0 Å². The minimum Gasteiger partial charge on any atom is -0.508 e. The van der Waals surface area contributed by atoms with Gasteiger partial charge in [0.2, 0.25) is 0 Å². The van der Waals surface area contributed by atoms with Crippen molar-refractivity contribution in [1.82, 2.24) is 4.90 Å². The molecule has 0 aromatic heterocycles. The van der Waals surface area contributed by atoms with Gasteiger partial charge in [0, 0.05) is 18.0 Å². The van der Waals surface area contributed by atoms with E-state index in [4.69, 9.17) is 4.74 Å². The summed E-state index contributed by atoms with van der Waals surface area (Å²) in [5, 5.41) is 12.5. The summed E-state index contributed by atoms with van der Waals surface area (Å²) < 4.78 is 6.15. The van der Waals surface area contributed by atoms with Crippen LogP contribution in [0.2, 0.25) is 0 Å². The Kier molecular flexibility index (Phi) is 6.36. The van der Waals surface area contributed by atoms with Crippen molar-refractivity contribution in [3.8, 4) is 11.5 Å². The Balaban J connectivity index is 1.34. The fourth-order valence-electron chi connectivity index (χ4n) is 4.61. The maximum atomic E-state index is 10.1. The molecule has 0 aliphatic heterocycles. The maximum absolute atomic E-state index is 10.1. The Morgan fingerprint density at radius 3 is 2.72 bits per heavy atom. The summed E-state index contributed by atoms with van der Waals surface area (Å²) >= 11 is 0. The van der Waals surface area contributed by atoms with E-state index in [1.54, 1.807) is 0 Å². The summed E-state index contributed by atoms with van der Waals surface area (Å²) in [7, 11) is 0. The number of ether oxygens (including phenoxy) is 1. The molecule has 0 spiro atoms. The van der Waals surface area contributed by atoms with Gasteiger partial charge in [0.1, 0.15) is 11.5 Å². The van der Waals surface area contributed by atoms with Gasteiger partial charge in [-0.15, -0.1) is 0 Å². The first kappa shape index (κ1) is 19.8. The van der Waals surface area contributed by atoms with Crippen LogP contribution in [0, 0.1) is 0 Å². The number of nitrogens with zero attached hydrogens (tertiary/aromatic N) is 1. The van der Waals surface area contributed by atoms with Crippen LogP contribution in [0.1, 0.15) is 37.3 Å². The molecule has 1 atom stereocenters. The van der Waals surface area contributed by atoms with Crippen LogP contribution in [0.25, 0.3) is 10.8 Å². The lowest BCUT2D eigenvalue weighted by Crippen LogP contribution is -2.40. The summed E-state index contributed by atoms with van der Waals surface area (Å²) in [6, 6.07) is 21.2. The molecule has 0 amide bonds. The van der Waals surface area contributed by atoms with Crippen molar-refractivity contribution in [3.63, 3.8) is 0 Å². The molecule has 0 heterocycles. The van der Waals surface area contributed by atoms with Crippen LogP contribution in [0.3, 0.4) is 0 Å². The molecular formula is C26H31NO2. The highest BCUT2D eigenvalue weighted by molar-refractivity contribution is 5.88. The minimum atomic E-state index is 0.464. The Bertz CT molecular complexity index is 947. The number of phenols is 1. The van der Waals surface area contributed by atoms with E-state index in [2.05, 4.69) is 60.4 Å². The van der Waals surface area contributed by atoms with Crippen LogP contribution in [0.4, 0.5) is 0 Å². The predicted octanol–water partition coefficient (Wildman–Crippen LogP) is 5.58. The summed E-state index contributed by atoms with van der Waals surface area (Å²) in [6.07, 6.45) is 5.31. The van der Waals surface area contributed by atoms with Crippen molar-refractivity contribution in [2.24, 2.45) is 0 Å². The molecule has 0 radical (unpaired) electrons. The molecule has 0 fully saturated rings. The average Bonchev–Trinajstić information content (AvgIpc) is 2.76. The van der Waals surface area contributed by atoms with E-state index >= 15 is 0 Å². The van der Waals surface area contributed by atoms with Crippen LogP contribution in [0.5, 0.6) is 11.5 Å². The lowest BCUT2D eigenvalue weighted by Gasteiger charge is -2.35. The van der Waals surface area contributed by atoms with Gasteiger partial charge >= 0.3 is 0 Å². The molecular weight excluding hydrogens is 358 g/mol. The molecule has 3 aromatic rings. The summed E-state index contributed by atoms with van der Waals surface area (Å²) in [5.41, 5.74) is 2.47. The standard InChI is InChI=1S/C26H31NO2/c1-2-16-27(22-14-15-23-21(19-22)10-5-12-25(23)28)17-7-18-29-26-13-6-9-20-8-3-4-11-24(20)26/h3-6,8-13,22,28H,2,7,14-19H2,1H3. The Morgan fingerprint density at radius 1 is 1.00 bits per heavy atom. The predicted molar refractivity (Wildman–Crippen MR) is 120 cm³/mol. The highest BCUT2D eigenvalue weighted by atomic mass is 16.5. The van der Waals surface area contributed by atoms with Gasteiger partial charge in [-0.25, -0.2) is 0 Å². The van der Waals surface area contributed by atoms with Crippen LogP contribution >= 0.6 is 0 Å². The van der Waals surface area contributed by atoms with Crippen molar-refractivity contribution in [3.05, 3.63) is 71.8 Å². The fourth-order valence-corrected chi connectivity index (χ4v) is 4.61. The van der Waals surface area contributed by atoms with E-state index in [1.165, 1.54) is 16.3 Å². The Hall–Kier alpha value is -2.52. The number of hydrogen-bond acceptors (Lipinski definition) is 3. The van der Waals surface area contributed by atoms with E-state index in [0.29, 0.717) is 11.8 Å². The van der Waals surface area contributed by atoms with Crippen molar-refractivity contribution < 1.29 is 9.84 Å². The first-order valence-corrected chi connectivity index (χ1v) is 10.9. The van der Waals surface area contributed by atoms with Gasteiger partial charge in [-0.05, 0) is 67.3 Å². The van der Waals surface area contributed by atoms with E-state index < -0.39 is 0 Å². The largest absolute Gasteiger partial charge is 0.508 e. The quantitative estimate of drug-likeness (QED) is 0.510. The van der Waals surface area contributed by atoms with E-state index in [1.807, 2.05) is 12.1 Å². The van der Waals surface area contributed by atoms with Gasteiger partial charge < -0.3 is 9.84 Å². The van der Waals surface area contributed by atoms with Crippen molar-refractivity contribution in [1.29, 1.82) is 0 Å². The summed E-state index contributed by atoms with van der Waals surface area (Å²) in [5.74, 6) is 1.44. The monoisotopic (exact) mass is 389 g/mol. The topological polar surface area (TPSA) is 32.7 Å². The number of fused-ring (bicyclic) bond motifs is 2. The van der Waals surface area contributed by atoms with E-state index in [0.717, 1.165) is 63.1 Å². The molecule has 3 nitrogen and oxygen atoms in total. The molecule has 1 aliphatic carbocycles. The molecule has 29 heavy (non-hydrogen) atoms. The second kappa shape index (κ2) is 9.32. The molecule has 1 aliphatic rings. The molecule has 0 saturated heterocycles. The van der Waals surface area contributed by atoms with Gasteiger partial charge in [0.25, 0.3) is 0 Å². The van der Waals surface area contributed by atoms with Crippen LogP contribution < -0.4 is 4.74 Å². The number of phenolic OH excluding ortho intramolecular Hbond substituents is 1. The minimum absolute atomic E-state index is 0.464. The van der Waals surface area contributed by atoms with Crippen LogP contribution in [0.15, 0.2) is 60.7 Å². The normalized spacial score (nSPS) is 16.1. The molecule has 3 heteroatoms.